The van der Waals surface area contributed by atoms with Crippen LogP contribution in [0.15, 0.2) is 24.3 Å². The molecule has 0 spiro atoms. The van der Waals surface area contributed by atoms with Crippen molar-refractivity contribution >= 4 is 11.5 Å². The molecule has 1 unspecified atom stereocenters. The number of hydrogen-bond donors (Lipinski definition) is 0. The van der Waals surface area contributed by atoms with Crippen molar-refractivity contribution in [2.45, 2.75) is 19.4 Å². The molecule has 1 heterocycles. The van der Waals surface area contributed by atoms with E-state index < -0.39 is 0 Å². The van der Waals surface area contributed by atoms with E-state index in [1.807, 2.05) is 24.3 Å². The average molecular weight is 219 g/mol. The van der Waals surface area contributed by atoms with Crippen LogP contribution in [0.4, 0.5) is 5.69 Å². The van der Waals surface area contributed by atoms with Crippen LogP contribution >= 0.6 is 0 Å². The first-order valence-corrected chi connectivity index (χ1v) is 5.62. The van der Waals surface area contributed by atoms with Crippen molar-refractivity contribution in [2.24, 2.45) is 0 Å². The molecule has 1 aliphatic rings. The number of anilines is 1. The van der Waals surface area contributed by atoms with Gasteiger partial charge in [-0.25, -0.2) is 0 Å². The number of ketones is 1. The SMILES string of the molecule is COCC(C)N1CCC(=O)c2ccccc21. The molecule has 86 valence electrons. The number of benzene rings is 1. The Bertz CT molecular complexity index is 389. The van der Waals surface area contributed by atoms with E-state index in [1.165, 1.54) is 0 Å². The van der Waals surface area contributed by atoms with Crippen LogP contribution in [0.1, 0.15) is 23.7 Å². The molecule has 0 aromatic heterocycles. The maximum atomic E-state index is 11.8. The number of carbonyl (C=O) groups is 1. The molecule has 1 aromatic rings. The standard InChI is InChI=1S/C13H17NO2/c1-10(9-16-2)14-8-7-13(15)11-5-3-4-6-12(11)14/h3-6,10H,7-9H2,1-2H3. The smallest absolute Gasteiger partial charge is 0.166 e. The normalized spacial score (nSPS) is 17.1. The minimum Gasteiger partial charge on any atom is -0.383 e. The lowest BCUT2D eigenvalue weighted by atomic mass is 9.99. The average Bonchev–Trinajstić information content (AvgIpc) is 2.30. The van der Waals surface area contributed by atoms with Crippen LogP contribution in [0.3, 0.4) is 0 Å². The van der Waals surface area contributed by atoms with Crippen LogP contribution in [0.2, 0.25) is 0 Å². The lowest BCUT2D eigenvalue weighted by molar-refractivity contribution is 0.0976. The number of carbonyl (C=O) groups excluding carboxylic acids is 1. The van der Waals surface area contributed by atoms with Crippen LogP contribution in [0.25, 0.3) is 0 Å². The number of ether oxygens (including phenoxy) is 1. The van der Waals surface area contributed by atoms with E-state index in [1.54, 1.807) is 7.11 Å². The van der Waals surface area contributed by atoms with Gasteiger partial charge in [-0.15, -0.1) is 0 Å². The van der Waals surface area contributed by atoms with Gasteiger partial charge in [-0.05, 0) is 19.1 Å². The monoisotopic (exact) mass is 219 g/mol. The number of hydrogen-bond acceptors (Lipinski definition) is 3. The van der Waals surface area contributed by atoms with Gasteiger partial charge >= 0.3 is 0 Å². The summed E-state index contributed by atoms with van der Waals surface area (Å²) in [7, 11) is 1.71. The van der Waals surface area contributed by atoms with Crippen molar-refractivity contribution in [3.63, 3.8) is 0 Å². The van der Waals surface area contributed by atoms with Crippen molar-refractivity contribution in [2.75, 3.05) is 25.2 Å². The minimum absolute atomic E-state index is 0.247. The number of fused-ring (bicyclic) bond motifs is 1. The van der Waals surface area contributed by atoms with Crippen molar-refractivity contribution < 1.29 is 9.53 Å². The second-order valence-corrected chi connectivity index (χ2v) is 4.19. The Labute approximate surface area is 96.0 Å². The minimum atomic E-state index is 0.247. The van der Waals surface area contributed by atoms with E-state index in [2.05, 4.69) is 11.8 Å². The number of Topliss-reactive ketones (excluding diaryl/α,β-unsaturated/α-hetero) is 1. The molecule has 0 fully saturated rings. The Morgan fingerprint density at radius 3 is 2.94 bits per heavy atom. The van der Waals surface area contributed by atoms with Gasteiger partial charge in [0.15, 0.2) is 5.78 Å². The molecule has 1 aliphatic heterocycles. The third kappa shape index (κ3) is 1.95. The predicted octanol–water partition coefficient (Wildman–Crippen LogP) is 2.11. The Balaban J connectivity index is 2.31. The molecule has 1 atom stereocenters. The lowest BCUT2D eigenvalue weighted by Gasteiger charge is -2.35. The summed E-state index contributed by atoms with van der Waals surface area (Å²) in [5.74, 6) is 0.247. The van der Waals surface area contributed by atoms with Crippen molar-refractivity contribution in [3.8, 4) is 0 Å². The van der Waals surface area contributed by atoms with Gasteiger partial charge in [-0.3, -0.25) is 4.79 Å². The summed E-state index contributed by atoms with van der Waals surface area (Å²) in [6.07, 6.45) is 0.602. The molecule has 1 aromatic carbocycles. The quantitative estimate of drug-likeness (QED) is 0.779. The zero-order valence-corrected chi connectivity index (χ0v) is 9.77. The summed E-state index contributed by atoms with van der Waals surface area (Å²) in [6, 6.07) is 8.12. The highest BCUT2D eigenvalue weighted by atomic mass is 16.5. The molecule has 3 heteroatoms. The molecule has 0 saturated heterocycles. The molecule has 0 aliphatic carbocycles. The Kier molecular flexibility index (Phi) is 3.25. The third-order valence-electron chi connectivity index (χ3n) is 3.03. The molecule has 0 saturated carbocycles. The highest BCUT2D eigenvalue weighted by Gasteiger charge is 2.25. The van der Waals surface area contributed by atoms with E-state index in [9.17, 15) is 4.79 Å². The number of methoxy groups -OCH3 is 1. The fourth-order valence-corrected chi connectivity index (χ4v) is 2.23. The summed E-state index contributed by atoms with van der Waals surface area (Å²) in [4.78, 5) is 14.0. The van der Waals surface area contributed by atoms with Crippen LogP contribution in [-0.2, 0) is 4.74 Å². The molecule has 0 N–H and O–H groups in total. The Morgan fingerprint density at radius 1 is 1.44 bits per heavy atom. The highest BCUT2D eigenvalue weighted by Crippen LogP contribution is 2.28. The van der Waals surface area contributed by atoms with Gasteiger partial charge in [0, 0.05) is 37.4 Å². The van der Waals surface area contributed by atoms with Crippen LogP contribution < -0.4 is 4.90 Å². The number of para-hydroxylation sites is 1. The van der Waals surface area contributed by atoms with E-state index in [0.717, 1.165) is 17.8 Å². The zero-order chi connectivity index (χ0) is 11.5. The van der Waals surface area contributed by atoms with Gasteiger partial charge in [0.1, 0.15) is 0 Å². The van der Waals surface area contributed by atoms with Gasteiger partial charge in [0.05, 0.1) is 6.61 Å². The fourth-order valence-electron chi connectivity index (χ4n) is 2.23. The number of rotatable bonds is 3. The first-order valence-electron chi connectivity index (χ1n) is 5.62. The van der Waals surface area contributed by atoms with Crippen LogP contribution in [-0.4, -0.2) is 32.1 Å². The van der Waals surface area contributed by atoms with Crippen LogP contribution in [0, 0.1) is 0 Å². The molecule has 3 nitrogen and oxygen atoms in total. The van der Waals surface area contributed by atoms with Gasteiger partial charge < -0.3 is 9.64 Å². The highest BCUT2D eigenvalue weighted by molar-refractivity contribution is 6.03. The van der Waals surface area contributed by atoms with Gasteiger partial charge in [-0.1, -0.05) is 12.1 Å². The third-order valence-corrected chi connectivity index (χ3v) is 3.03. The molecule has 0 amide bonds. The fraction of sp³-hybridized carbons (Fsp3) is 0.462. The first-order chi connectivity index (χ1) is 7.74. The van der Waals surface area contributed by atoms with E-state index >= 15 is 0 Å². The lowest BCUT2D eigenvalue weighted by Crippen LogP contribution is -2.41. The molecular weight excluding hydrogens is 202 g/mol. The van der Waals surface area contributed by atoms with Gasteiger partial charge in [-0.2, -0.15) is 0 Å². The summed E-state index contributed by atoms with van der Waals surface area (Å²) < 4.78 is 5.17. The summed E-state index contributed by atoms with van der Waals surface area (Å²) >= 11 is 0. The second-order valence-electron chi connectivity index (χ2n) is 4.19. The van der Waals surface area contributed by atoms with Crippen LogP contribution in [0.5, 0.6) is 0 Å². The molecule has 16 heavy (non-hydrogen) atoms. The second kappa shape index (κ2) is 4.66. The molecule has 0 bridgehead atoms. The first kappa shape index (κ1) is 11.1. The molecule has 0 radical (unpaired) electrons. The summed E-state index contributed by atoms with van der Waals surface area (Å²) in [6.45, 7) is 3.60. The Hall–Kier alpha value is -1.35. The molecular formula is C13H17NO2. The van der Waals surface area contributed by atoms with Crippen molar-refractivity contribution in [1.82, 2.24) is 0 Å². The largest absolute Gasteiger partial charge is 0.383 e. The van der Waals surface area contributed by atoms with Gasteiger partial charge in [0.25, 0.3) is 0 Å². The summed E-state index contributed by atoms with van der Waals surface area (Å²) in [5, 5.41) is 0. The number of nitrogens with zero attached hydrogens (tertiary/aromatic N) is 1. The predicted molar refractivity (Wildman–Crippen MR) is 64.1 cm³/mol. The maximum absolute atomic E-state index is 11.8. The maximum Gasteiger partial charge on any atom is 0.166 e. The Morgan fingerprint density at radius 2 is 2.19 bits per heavy atom. The molecule has 2 rings (SSSR count). The van der Waals surface area contributed by atoms with E-state index in [-0.39, 0.29) is 5.78 Å². The zero-order valence-electron chi connectivity index (χ0n) is 9.77. The van der Waals surface area contributed by atoms with E-state index in [0.29, 0.717) is 19.1 Å². The van der Waals surface area contributed by atoms with Crippen molar-refractivity contribution in [1.29, 1.82) is 0 Å². The van der Waals surface area contributed by atoms with Crippen molar-refractivity contribution in [3.05, 3.63) is 29.8 Å². The summed E-state index contributed by atoms with van der Waals surface area (Å²) in [5.41, 5.74) is 1.89. The topological polar surface area (TPSA) is 29.5 Å². The van der Waals surface area contributed by atoms with E-state index in [4.69, 9.17) is 4.74 Å². The van der Waals surface area contributed by atoms with Gasteiger partial charge in [0.2, 0.25) is 0 Å².